The summed E-state index contributed by atoms with van der Waals surface area (Å²) >= 11 is 1.65. The minimum atomic E-state index is -2.87. The maximum absolute atomic E-state index is 12.6. The van der Waals surface area contributed by atoms with Gasteiger partial charge >= 0.3 is 6.61 Å². The Bertz CT molecular complexity index is 719. The van der Waals surface area contributed by atoms with E-state index in [1.807, 2.05) is 0 Å². The van der Waals surface area contributed by atoms with E-state index < -0.39 is 6.61 Å². The van der Waals surface area contributed by atoms with Crippen molar-refractivity contribution < 1.29 is 18.3 Å². The van der Waals surface area contributed by atoms with Crippen LogP contribution in [0.4, 0.5) is 14.5 Å². The number of ether oxygens (including phenoxy) is 1. The number of hydrogen-bond acceptors (Lipinski definition) is 4. The van der Waals surface area contributed by atoms with Gasteiger partial charge in [0.2, 0.25) is 0 Å². The largest absolute Gasteiger partial charge is 0.435 e. The zero-order chi connectivity index (χ0) is 17.6. The summed E-state index contributed by atoms with van der Waals surface area (Å²) in [5, 5.41) is 4.00. The zero-order valence-electron chi connectivity index (χ0n) is 13.5. The van der Waals surface area contributed by atoms with Gasteiger partial charge in [-0.3, -0.25) is 4.79 Å². The predicted octanol–water partition coefficient (Wildman–Crippen LogP) is 4.97. The van der Waals surface area contributed by atoms with Crippen molar-refractivity contribution >= 4 is 23.4 Å². The van der Waals surface area contributed by atoms with Gasteiger partial charge in [-0.15, -0.1) is 11.8 Å². The molecule has 0 bridgehead atoms. The maximum atomic E-state index is 12.6. The van der Waals surface area contributed by atoms with Crippen LogP contribution in [0.25, 0.3) is 0 Å². The second-order valence-electron chi connectivity index (χ2n) is 5.74. The fraction of sp³-hybridized carbons (Fsp3) is 0.333. The summed E-state index contributed by atoms with van der Waals surface area (Å²) in [4.78, 5) is 16.9. The number of alkyl halides is 2. The molecule has 4 nitrogen and oxygen atoms in total. The van der Waals surface area contributed by atoms with E-state index in [1.54, 1.807) is 30.1 Å². The topological polar surface area (TPSA) is 51.2 Å². The lowest BCUT2D eigenvalue weighted by atomic mass is 10.2. The quantitative estimate of drug-likeness (QED) is 0.786. The van der Waals surface area contributed by atoms with Crippen LogP contribution in [0.5, 0.6) is 5.75 Å². The van der Waals surface area contributed by atoms with Crippen molar-refractivity contribution in [3.05, 3.63) is 48.2 Å². The Kier molecular flexibility index (Phi) is 5.86. The third kappa shape index (κ3) is 4.92. The summed E-state index contributed by atoms with van der Waals surface area (Å²) in [7, 11) is 0. The van der Waals surface area contributed by atoms with Gasteiger partial charge < -0.3 is 10.1 Å². The molecule has 0 unspecified atom stereocenters. The molecule has 0 spiro atoms. The average molecular weight is 364 g/mol. The lowest BCUT2D eigenvalue weighted by Gasteiger charge is -2.12. The number of aromatic nitrogens is 1. The Morgan fingerprint density at radius 1 is 1.20 bits per heavy atom. The Balaban J connectivity index is 1.68. The van der Waals surface area contributed by atoms with E-state index in [9.17, 15) is 13.6 Å². The Morgan fingerprint density at radius 3 is 2.60 bits per heavy atom. The molecule has 1 aliphatic carbocycles. The molecule has 132 valence electrons. The van der Waals surface area contributed by atoms with Crippen LogP contribution < -0.4 is 10.1 Å². The normalized spacial score (nSPS) is 14.7. The molecule has 1 N–H and O–H groups in total. The minimum Gasteiger partial charge on any atom is -0.435 e. The van der Waals surface area contributed by atoms with Crippen LogP contribution in [0, 0.1) is 0 Å². The summed E-state index contributed by atoms with van der Waals surface area (Å²) in [6.07, 6.45) is 6.42. The number of anilines is 1. The number of amides is 1. The molecule has 1 fully saturated rings. The van der Waals surface area contributed by atoms with Gasteiger partial charge in [-0.05, 0) is 49.2 Å². The monoisotopic (exact) mass is 364 g/mol. The van der Waals surface area contributed by atoms with Crippen molar-refractivity contribution in [3.8, 4) is 5.75 Å². The van der Waals surface area contributed by atoms with Gasteiger partial charge in [-0.25, -0.2) is 4.98 Å². The number of hydrogen-bond donors (Lipinski definition) is 1. The molecule has 0 radical (unpaired) electrons. The first-order valence-electron chi connectivity index (χ1n) is 8.10. The summed E-state index contributed by atoms with van der Waals surface area (Å²) < 4.78 is 28.6. The van der Waals surface area contributed by atoms with E-state index in [0.717, 1.165) is 17.9 Å². The molecule has 1 amide bonds. The molecular weight excluding hydrogens is 346 g/mol. The Labute approximate surface area is 149 Å². The molecule has 1 aromatic carbocycles. The zero-order valence-corrected chi connectivity index (χ0v) is 14.3. The van der Waals surface area contributed by atoms with Gasteiger partial charge in [-0.2, -0.15) is 8.78 Å². The molecule has 0 aliphatic heterocycles. The second-order valence-corrected chi connectivity index (χ2v) is 7.03. The minimum absolute atomic E-state index is 0.0480. The van der Waals surface area contributed by atoms with Gasteiger partial charge in [0, 0.05) is 17.1 Å². The molecule has 7 heteroatoms. The summed E-state index contributed by atoms with van der Waals surface area (Å²) in [5.41, 5.74) is 1.03. The molecule has 1 aromatic heterocycles. The summed E-state index contributed by atoms with van der Waals surface area (Å²) in [6, 6.07) is 9.30. The average Bonchev–Trinajstić information content (AvgIpc) is 3.10. The Hall–Kier alpha value is -2.15. The molecule has 25 heavy (non-hydrogen) atoms. The first kappa shape index (κ1) is 17.7. The number of rotatable bonds is 6. The highest BCUT2D eigenvalue weighted by atomic mass is 32.2. The number of thioether (sulfide) groups is 1. The van der Waals surface area contributed by atoms with E-state index in [0.29, 0.717) is 16.5 Å². The number of nitrogens with one attached hydrogen (secondary N) is 1. The lowest BCUT2D eigenvalue weighted by molar-refractivity contribution is -0.0498. The van der Waals surface area contributed by atoms with Gasteiger partial charge in [0.15, 0.2) is 0 Å². The third-order valence-corrected chi connectivity index (χ3v) is 5.29. The predicted molar refractivity (Wildman–Crippen MR) is 93.4 cm³/mol. The van der Waals surface area contributed by atoms with E-state index in [1.165, 1.54) is 37.1 Å². The van der Waals surface area contributed by atoms with Gasteiger partial charge in [-0.1, -0.05) is 12.8 Å². The van der Waals surface area contributed by atoms with Crippen molar-refractivity contribution in [2.24, 2.45) is 0 Å². The van der Waals surface area contributed by atoms with Crippen LogP contribution >= 0.6 is 11.8 Å². The maximum Gasteiger partial charge on any atom is 0.387 e. The Morgan fingerprint density at radius 2 is 1.92 bits per heavy atom. The first-order valence-corrected chi connectivity index (χ1v) is 8.97. The van der Waals surface area contributed by atoms with E-state index in [4.69, 9.17) is 0 Å². The number of carbonyl (C=O) groups excluding carboxylic acids is 1. The van der Waals surface area contributed by atoms with Crippen LogP contribution in [0.1, 0.15) is 36.0 Å². The van der Waals surface area contributed by atoms with E-state index in [2.05, 4.69) is 15.0 Å². The van der Waals surface area contributed by atoms with Crippen molar-refractivity contribution in [2.45, 2.75) is 42.6 Å². The fourth-order valence-corrected chi connectivity index (χ4v) is 4.03. The number of carbonyl (C=O) groups is 1. The highest BCUT2D eigenvalue weighted by Gasteiger charge is 2.20. The third-order valence-electron chi connectivity index (χ3n) is 3.93. The number of nitrogens with zero attached hydrogens (tertiary/aromatic N) is 1. The smallest absolute Gasteiger partial charge is 0.387 e. The number of halogens is 2. The van der Waals surface area contributed by atoms with Crippen LogP contribution in [0.15, 0.2) is 47.6 Å². The van der Waals surface area contributed by atoms with Gasteiger partial charge in [0.05, 0.1) is 5.56 Å². The molecular formula is C18H18F2N2O2S. The molecule has 0 atom stereocenters. The standard InChI is InChI=1S/C18H18F2N2O2S/c19-18(20)24-13-9-7-12(8-10-13)22-16(23)15-6-3-11-21-17(15)25-14-4-1-2-5-14/h3,6-11,14,18H,1-2,4-5H2,(H,22,23). The molecule has 1 aliphatic rings. The molecule has 2 aromatic rings. The number of benzene rings is 1. The molecule has 3 rings (SSSR count). The molecule has 1 heterocycles. The summed E-state index contributed by atoms with van der Waals surface area (Å²) in [6.45, 7) is -2.87. The van der Waals surface area contributed by atoms with Crippen molar-refractivity contribution in [2.75, 3.05) is 5.32 Å². The van der Waals surface area contributed by atoms with Crippen LogP contribution in [-0.2, 0) is 0 Å². The van der Waals surface area contributed by atoms with Gasteiger partial charge in [0.1, 0.15) is 10.8 Å². The highest BCUT2D eigenvalue weighted by molar-refractivity contribution is 7.99. The van der Waals surface area contributed by atoms with Crippen molar-refractivity contribution in [3.63, 3.8) is 0 Å². The molecule has 0 saturated heterocycles. The van der Waals surface area contributed by atoms with Gasteiger partial charge in [0.25, 0.3) is 5.91 Å². The SMILES string of the molecule is O=C(Nc1ccc(OC(F)F)cc1)c1cccnc1SC1CCCC1. The van der Waals surface area contributed by atoms with Crippen LogP contribution in [0.2, 0.25) is 0 Å². The van der Waals surface area contributed by atoms with Crippen LogP contribution in [-0.4, -0.2) is 22.8 Å². The lowest BCUT2D eigenvalue weighted by Crippen LogP contribution is -2.14. The highest BCUT2D eigenvalue weighted by Crippen LogP contribution is 2.35. The van der Waals surface area contributed by atoms with Crippen molar-refractivity contribution in [1.82, 2.24) is 4.98 Å². The van der Waals surface area contributed by atoms with Crippen molar-refractivity contribution in [1.29, 1.82) is 0 Å². The molecule has 1 saturated carbocycles. The number of pyridine rings is 1. The van der Waals surface area contributed by atoms with E-state index in [-0.39, 0.29) is 11.7 Å². The van der Waals surface area contributed by atoms with E-state index >= 15 is 0 Å². The second kappa shape index (κ2) is 8.29. The summed E-state index contributed by atoms with van der Waals surface area (Å²) in [5.74, 6) is -0.219. The van der Waals surface area contributed by atoms with Crippen LogP contribution in [0.3, 0.4) is 0 Å². The first-order chi connectivity index (χ1) is 12.1. The fourth-order valence-electron chi connectivity index (χ4n) is 2.74.